The van der Waals surface area contributed by atoms with E-state index >= 15 is 0 Å². The van der Waals surface area contributed by atoms with E-state index in [1.807, 2.05) is 17.1 Å². The van der Waals surface area contributed by atoms with Crippen LogP contribution < -0.4 is 0 Å². The van der Waals surface area contributed by atoms with Gasteiger partial charge in [-0.05, 0) is 71.6 Å². The van der Waals surface area contributed by atoms with Gasteiger partial charge in [0.1, 0.15) is 12.1 Å². The maximum Gasteiger partial charge on any atom is 0.138 e. The monoisotopic (exact) mass is 315 g/mol. The largest absolute Gasteiger partial charge is 0.283 e. The molecule has 3 aromatic rings. The summed E-state index contributed by atoms with van der Waals surface area (Å²) in [7, 11) is 0. The van der Waals surface area contributed by atoms with Crippen molar-refractivity contribution in [2.75, 3.05) is 0 Å². The highest BCUT2D eigenvalue weighted by Gasteiger charge is 2.08. The first-order valence-electron chi connectivity index (χ1n) is 6.13. The molecule has 4 heteroatoms. The number of halogens is 1. The molecule has 0 bridgehead atoms. The molecule has 2 aromatic heterocycles. The van der Waals surface area contributed by atoms with E-state index in [0.717, 1.165) is 26.9 Å². The SMILES string of the molecule is Cc1cc2ncn(-c3cc(C)c(Br)cn3)c2cc1C. The number of hydrogen-bond donors (Lipinski definition) is 0. The van der Waals surface area contributed by atoms with Crippen LogP contribution in [0.4, 0.5) is 0 Å². The van der Waals surface area contributed by atoms with Gasteiger partial charge in [-0.25, -0.2) is 9.97 Å². The maximum absolute atomic E-state index is 4.46. The van der Waals surface area contributed by atoms with E-state index in [4.69, 9.17) is 0 Å². The van der Waals surface area contributed by atoms with E-state index in [-0.39, 0.29) is 0 Å². The number of imidazole rings is 1. The van der Waals surface area contributed by atoms with Crippen molar-refractivity contribution >= 4 is 27.0 Å². The van der Waals surface area contributed by atoms with Crippen LogP contribution in [0.15, 0.2) is 35.2 Å². The second kappa shape index (κ2) is 4.46. The van der Waals surface area contributed by atoms with Gasteiger partial charge in [0.25, 0.3) is 0 Å². The Balaban J connectivity index is 2.25. The van der Waals surface area contributed by atoms with Gasteiger partial charge in [0.05, 0.1) is 11.0 Å². The Morgan fingerprint density at radius 1 is 0.947 bits per heavy atom. The lowest BCUT2D eigenvalue weighted by molar-refractivity contribution is 1.01. The van der Waals surface area contributed by atoms with Crippen LogP contribution in [-0.4, -0.2) is 14.5 Å². The van der Waals surface area contributed by atoms with Gasteiger partial charge in [-0.2, -0.15) is 0 Å². The van der Waals surface area contributed by atoms with Crippen LogP contribution >= 0.6 is 15.9 Å². The lowest BCUT2D eigenvalue weighted by Crippen LogP contribution is -1.97. The summed E-state index contributed by atoms with van der Waals surface area (Å²) in [5.41, 5.74) is 5.79. The molecule has 3 nitrogen and oxygen atoms in total. The first kappa shape index (κ1) is 12.4. The van der Waals surface area contributed by atoms with Crippen molar-refractivity contribution in [1.82, 2.24) is 14.5 Å². The fourth-order valence-electron chi connectivity index (χ4n) is 2.10. The summed E-state index contributed by atoms with van der Waals surface area (Å²) in [6.45, 7) is 6.28. The van der Waals surface area contributed by atoms with E-state index in [1.54, 1.807) is 0 Å². The number of rotatable bonds is 1. The second-order valence-electron chi connectivity index (χ2n) is 4.83. The Morgan fingerprint density at radius 2 is 1.68 bits per heavy atom. The smallest absolute Gasteiger partial charge is 0.138 e. The molecule has 0 amide bonds. The average molecular weight is 316 g/mol. The first-order chi connectivity index (χ1) is 9.06. The Labute approximate surface area is 120 Å². The van der Waals surface area contributed by atoms with Gasteiger partial charge in [0.2, 0.25) is 0 Å². The normalized spacial score (nSPS) is 11.2. The highest BCUT2D eigenvalue weighted by atomic mass is 79.9. The zero-order valence-electron chi connectivity index (χ0n) is 11.1. The van der Waals surface area contributed by atoms with Crippen molar-refractivity contribution in [3.63, 3.8) is 0 Å². The summed E-state index contributed by atoms with van der Waals surface area (Å²) < 4.78 is 3.05. The van der Waals surface area contributed by atoms with Crippen LogP contribution in [0, 0.1) is 20.8 Å². The molecule has 0 aliphatic rings. The van der Waals surface area contributed by atoms with Crippen LogP contribution in [0.5, 0.6) is 0 Å². The molecule has 1 aromatic carbocycles. The second-order valence-corrected chi connectivity index (χ2v) is 5.69. The predicted octanol–water partition coefficient (Wildman–Crippen LogP) is 4.11. The fourth-order valence-corrected chi connectivity index (χ4v) is 2.32. The van der Waals surface area contributed by atoms with Gasteiger partial charge in [-0.1, -0.05) is 0 Å². The molecular weight excluding hydrogens is 302 g/mol. The Kier molecular flexibility index (Phi) is 2.90. The van der Waals surface area contributed by atoms with E-state index < -0.39 is 0 Å². The lowest BCUT2D eigenvalue weighted by atomic mass is 10.1. The molecule has 3 rings (SSSR count). The number of aryl methyl sites for hydroxylation is 3. The molecule has 96 valence electrons. The van der Waals surface area contributed by atoms with Gasteiger partial charge >= 0.3 is 0 Å². The van der Waals surface area contributed by atoms with E-state index in [0.29, 0.717) is 0 Å². The third-order valence-electron chi connectivity index (χ3n) is 3.44. The molecule has 0 aliphatic heterocycles. The molecule has 0 unspecified atom stereocenters. The van der Waals surface area contributed by atoms with Gasteiger partial charge < -0.3 is 0 Å². The predicted molar refractivity (Wildman–Crippen MR) is 80.8 cm³/mol. The average Bonchev–Trinajstić information content (AvgIpc) is 2.76. The van der Waals surface area contributed by atoms with Gasteiger partial charge in [0, 0.05) is 10.7 Å². The van der Waals surface area contributed by atoms with E-state index in [2.05, 4.69) is 64.9 Å². The third-order valence-corrected chi connectivity index (χ3v) is 4.27. The quantitative estimate of drug-likeness (QED) is 0.676. The zero-order chi connectivity index (χ0) is 13.6. The molecule has 0 saturated carbocycles. The molecule has 0 saturated heterocycles. The van der Waals surface area contributed by atoms with E-state index in [1.165, 1.54) is 11.1 Å². The van der Waals surface area contributed by atoms with Crippen molar-refractivity contribution in [3.8, 4) is 5.82 Å². The standard InChI is InChI=1S/C15H14BrN3/c1-9-4-13-14(5-10(9)2)19(8-18-13)15-6-11(3)12(16)7-17-15/h4-8H,1-3H3. The summed E-state index contributed by atoms with van der Waals surface area (Å²) in [6, 6.07) is 6.34. The number of benzene rings is 1. The lowest BCUT2D eigenvalue weighted by Gasteiger charge is -2.07. The Hall–Kier alpha value is -1.68. The van der Waals surface area contributed by atoms with Crippen molar-refractivity contribution in [2.24, 2.45) is 0 Å². The van der Waals surface area contributed by atoms with Gasteiger partial charge in [0.15, 0.2) is 0 Å². The Morgan fingerprint density at radius 3 is 2.42 bits per heavy atom. The molecule has 2 heterocycles. The van der Waals surface area contributed by atoms with Crippen LogP contribution in [0.2, 0.25) is 0 Å². The minimum absolute atomic E-state index is 0.895. The van der Waals surface area contributed by atoms with Gasteiger partial charge in [-0.15, -0.1) is 0 Å². The number of pyridine rings is 1. The summed E-state index contributed by atoms with van der Waals surface area (Å²) in [6.07, 6.45) is 3.66. The maximum atomic E-state index is 4.46. The minimum Gasteiger partial charge on any atom is -0.283 e. The highest BCUT2D eigenvalue weighted by Crippen LogP contribution is 2.23. The van der Waals surface area contributed by atoms with Crippen molar-refractivity contribution < 1.29 is 0 Å². The number of fused-ring (bicyclic) bond motifs is 1. The van der Waals surface area contributed by atoms with Crippen LogP contribution in [0.25, 0.3) is 16.9 Å². The first-order valence-corrected chi connectivity index (χ1v) is 6.92. The molecule has 0 N–H and O–H groups in total. The molecule has 0 aliphatic carbocycles. The topological polar surface area (TPSA) is 30.7 Å². The molecular formula is C15H14BrN3. The minimum atomic E-state index is 0.895. The number of nitrogens with zero attached hydrogens (tertiary/aromatic N) is 3. The van der Waals surface area contributed by atoms with Crippen LogP contribution in [-0.2, 0) is 0 Å². The molecule has 19 heavy (non-hydrogen) atoms. The summed E-state index contributed by atoms with van der Waals surface area (Å²) in [5.74, 6) is 0.895. The number of aromatic nitrogens is 3. The Bertz CT molecular complexity index is 774. The molecule has 0 spiro atoms. The zero-order valence-corrected chi connectivity index (χ0v) is 12.7. The van der Waals surface area contributed by atoms with E-state index in [9.17, 15) is 0 Å². The third kappa shape index (κ3) is 2.06. The highest BCUT2D eigenvalue weighted by molar-refractivity contribution is 9.10. The summed E-state index contributed by atoms with van der Waals surface area (Å²) in [5, 5.41) is 0. The van der Waals surface area contributed by atoms with Crippen LogP contribution in [0.3, 0.4) is 0 Å². The summed E-state index contributed by atoms with van der Waals surface area (Å²) in [4.78, 5) is 8.92. The fraction of sp³-hybridized carbons (Fsp3) is 0.200. The molecule has 0 atom stereocenters. The molecule has 0 radical (unpaired) electrons. The summed E-state index contributed by atoms with van der Waals surface area (Å²) >= 11 is 3.48. The van der Waals surface area contributed by atoms with Crippen molar-refractivity contribution in [1.29, 1.82) is 0 Å². The van der Waals surface area contributed by atoms with Crippen molar-refractivity contribution in [2.45, 2.75) is 20.8 Å². The molecule has 0 fully saturated rings. The van der Waals surface area contributed by atoms with Crippen molar-refractivity contribution in [3.05, 3.63) is 51.9 Å². The number of hydrogen-bond acceptors (Lipinski definition) is 2. The van der Waals surface area contributed by atoms with Gasteiger partial charge in [-0.3, -0.25) is 4.57 Å². The van der Waals surface area contributed by atoms with Crippen LogP contribution in [0.1, 0.15) is 16.7 Å².